The number of hydrogen-bond acceptors (Lipinski definition) is 8. The lowest BCUT2D eigenvalue weighted by atomic mass is 10.1. The first kappa shape index (κ1) is 15.7. The quantitative estimate of drug-likeness (QED) is 0.716. The molecular weight excluding hydrogens is 340 g/mol. The summed E-state index contributed by atoms with van der Waals surface area (Å²) in [7, 11) is 0. The molecule has 3 aromatic rings. The number of nitrogens with zero attached hydrogens (tertiary/aromatic N) is 5. The van der Waals surface area contributed by atoms with Gasteiger partial charge in [0.1, 0.15) is 16.5 Å². The molecule has 3 aromatic heterocycles. The van der Waals surface area contributed by atoms with Crippen LogP contribution < -0.4 is 10.2 Å². The lowest BCUT2D eigenvalue weighted by molar-refractivity contribution is 0.0696. The van der Waals surface area contributed by atoms with Gasteiger partial charge in [0.05, 0.1) is 17.0 Å². The van der Waals surface area contributed by atoms with Crippen molar-refractivity contribution in [1.82, 2.24) is 19.9 Å². The van der Waals surface area contributed by atoms with Gasteiger partial charge in [-0.05, 0) is 11.4 Å². The average Bonchev–Trinajstić information content (AvgIpc) is 3.06. The van der Waals surface area contributed by atoms with E-state index >= 15 is 0 Å². The van der Waals surface area contributed by atoms with E-state index in [4.69, 9.17) is 5.11 Å². The Morgan fingerprint density at radius 3 is 2.80 bits per heavy atom. The number of thiophene rings is 1. The number of aromatic nitrogens is 4. The van der Waals surface area contributed by atoms with Crippen molar-refractivity contribution < 1.29 is 9.90 Å². The highest BCUT2D eigenvalue weighted by Crippen LogP contribution is 2.27. The maximum absolute atomic E-state index is 10.8. The first-order chi connectivity index (χ1) is 12.1. The Bertz CT molecular complexity index is 920. The number of aromatic carboxylic acids is 1. The number of carboxylic acids is 1. The van der Waals surface area contributed by atoms with Crippen LogP contribution in [0, 0.1) is 0 Å². The molecular formula is C16H16N6O2S. The molecule has 0 aromatic carbocycles. The zero-order valence-corrected chi connectivity index (χ0v) is 14.3. The number of nitrogens with one attached hydrogen (secondary N) is 1. The summed E-state index contributed by atoms with van der Waals surface area (Å²) >= 11 is 1.62. The topological polar surface area (TPSA) is 104 Å². The number of anilines is 2. The van der Waals surface area contributed by atoms with E-state index in [-0.39, 0.29) is 11.6 Å². The molecule has 0 aliphatic carbocycles. The third-order valence-electron chi connectivity index (χ3n) is 4.08. The van der Waals surface area contributed by atoms with Crippen molar-refractivity contribution in [2.75, 3.05) is 23.3 Å². The number of aryl methyl sites for hydroxylation is 1. The van der Waals surface area contributed by atoms with Crippen molar-refractivity contribution in [2.45, 2.75) is 19.4 Å². The Hall–Kier alpha value is -2.81. The summed E-state index contributed by atoms with van der Waals surface area (Å²) in [4.78, 5) is 31.2. The van der Waals surface area contributed by atoms with E-state index in [1.54, 1.807) is 11.3 Å². The maximum atomic E-state index is 10.8. The van der Waals surface area contributed by atoms with Crippen LogP contribution in [0.1, 0.15) is 23.1 Å². The fourth-order valence-electron chi connectivity index (χ4n) is 2.69. The average molecular weight is 356 g/mol. The summed E-state index contributed by atoms with van der Waals surface area (Å²) in [5, 5.41) is 15.4. The summed E-state index contributed by atoms with van der Waals surface area (Å²) in [5.74, 6) is 1.22. The highest BCUT2D eigenvalue weighted by molar-refractivity contribution is 7.16. The second-order valence-electron chi connectivity index (χ2n) is 5.80. The molecule has 9 heteroatoms. The zero-order valence-electron chi connectivity index (χ0n) is 13.5. The predicted molar refractivity (Wildman–Crippen MR) is 95.4 cm³/mol. The van der Waals surface area contributed by atoms with Crippen molar-refractivity contribution in [3.8, 4) is 0 Å². The predicted octanol–water partition coefficient (Wildman–Crippen LogP) is 2.04. The van der Waals surface area contributed by atoms with Crippen LogP contribution in [-0.2, 0) is 6.42 Å². The molecule has 1 fully saturated rings. The minimum absolute atomic E-state index is 0.0897. The first-order valence-electron chi connectivity index (χ1n) is 7.95. The number of carbonyl (C=O) groups is 1. The van der Waals surface area contributed by atoms with Crippen LogP contribution >= 0.6 is 11.3 Å². The molecule has 1 saturated heterocycles. The van der Waals surface area contributed by atoms with E-state index in [2.05, 4.69) is 25.3 Å². The van der Waals surface area contributed by atoms with Gasteiger partial charge >= 0.3 is 5.97 Å². The lowest BCUT2D eigenvalue weighted by Gasteiger charge is -2.39. The fraction of sp³-hybridized carbons (Fsp3) is 0.312. The standard InChI is InChI=1S/C16H16N6O2S/c1-2-12-20-13(11-3-4-25-14(11)21-12)19-10-7-22(8-10)16-17-5-9(6-18-16)15(23)24/h3-6,10H,2,7-8H2,1H3,(H,23,24)(H,19,20,21). The van der Waals surface area contributed by atoms with Gasteiger partial charge in [-0.25, -0.2) is 24.7 Å². The van der Waals surface area contributed by atoms with Gasteiger partial charge in [0, 0.05) is 31.9 Å². The van der Waals surface area contributed by atoms with Gasteiger partial charge in [-0.3, -0.25) is 0 Å². The van der Waals surface area contributed by atoms with Gasteiger partial charge in [0.2, 0.25) is 5.95 Å². The molecule has 0 unspecified atom stereocenters. The summed E-state index contributed by atoms with van der Waals surface area (Å²) in [6.07, 6.45) is 3.46. The normalized spacial score (nSPS) is 14.5. The van der Waals surface area contributed by atoms with Gasteiger partial charge in [0.15, 0.2) is 0 Å². The van der Waals surface area contributed by atoms with Crippen molar-refractivity contribution >= 4 is 39.3 Å². The van der Waals surface area contributed by atoms with Crippen molar-refractivity contribution in [2.24, 2.45) is 0 Å². The van der Waals surface area contributed by atoms with Gasteiger partial charge in [0.25, 0.3) is 0 Å². The van der Waals surface area contributed by atoms with Gasteiger partial charge < -0.3 is 15.3 Å². The minimum atomic E-state index is -1.02. The maximum Gasteiger partial charge on any atom is 0.338 e. The molecule has 1 aliphatic heterocycles. The number of rotatable bonds is 5. The molecule has 4 heterocycles. The van der Waals surface area contributed by atoms with Crippen LogP contribution in [0.25, 0.3) is 10.2 Å². The Kier molecular flexibility index (Phi) is 3.92. The van der Waals surface area contributed by atoms with Gasteiger partial charge in [-0.15, -0.1) is 11.3 Å². The molecule has 0 radical (unpaired) electrons. The molecule has 8 nitrogen and oxygen atoms in total. The highest BCUT2D eigenvalue weighted by atomic mass is 32.1. The van der Waals surface area contributed by atoms with Crippen molar-refractivity contribution in [1.29, 1.82) is 0 Å². The van der Waals surface area contributed by atoms with Gasteiger partial charge in [-0.1, -0.05) is 6.92 Å². The summed E-state index contributed by atoms with van der Waals surface area (Å²) < 4.78 is 0. The number of hydrogen-bond donors (Lipinski definition) is 2. The van der Waals surface area contributed by atoms with Crippen LogP contribution in [0.2, 0.25) is 0 Å². The van der Waals surface area contributed by atoms with Crippen LogP contribution in [0.5, 0.6) is 0 Å². The summed E-state index contributed by atoms with van der Waals surface area (Å²) in [6, 6.07) is 2.27. The second kappa shape index (κ2) is 6.25. The van der Waals surface area contributed by atoms with Gasteiger partial charge in [-0.2, -0.15) is 0 Å². The zero-order chi connectivity index (χ0) is 17.4. The Labute approximate surface area is 147 Å². The van der Waals surface area contributed by atoms with Crippen LogP contribution in [-0.4, -0.2) is 50.1 Å². The second-order valence-corrected chi connectivity index (χ2v) is 6.70. The highest BCUT2D eigenvalue weighted by Gasteiger charge is 2.29. The molecule has 0 amide bonds. The van der Waals surface area contributed by atoms with E-state index < -0.39 is 5.97 Å². The number of carboxylic acid groups (broad SMARTS) is 1. The van der Waals surface area contributed by atoms with Crippen LogP contribution in [0.4, 0.5) is 11.8 Å². The monoisotopic (exact) mass is 356 g/mol. The molecule has 4 rings (SSSR count). The smallest absolute Gasteiger partial charge is 0.338 e. The van der Waals surface area contributed by atoms with Crippen molar-refractivity contribution in [3.05, 3.63) is 35.2 Å². The molecule has 0 atom stereocenters. The molecule has 0 bridgehead atoms. The Morgan fingerprint density at radius 1 is 1.36 bits per heavy atom. The van der Waals surface area contributed by atoms with E-state index in [0.717, 1.165) is 41.4 Å². The molecule has 2 N–H and O–H groups in total. The fourth-order valence-corrected chi connectivity index (χ4v) is 3.47. The third kappa shape index (κ3) is 2.98. The molecule has 128 valence electrons. The molecule has 0 saturated carbocycles. The van der Waals surface area contributed by atoms with E-state index in [0.29, 0.717) is 5.95 Å². The van der Waals surface area contributed by atoms with Crippen LogP contribution in [0.15, 0.2) is 23.8 Å². The van der Waals surface area contributed by atoms with E-state index in [1.807, 2.05) is 23.3 Å². The third-order valence-corrected chi connectivity index (χ3v) is 4.88. The molecule has 1 aliphatic rings. The van der Waals surface area contributed by atoms with E-state index in [9.17, 15) is 4.79 Å². The lowest BCUT2D eigenvalue weighted by Crippen LogP contribution is -2.55. The first-order valence-corrected chi connectivity index (χ1v) is 8.83. The number of fused-ring (bicyclic) bond motifs is 1. The molecule has 25 heavy (non-hydrogen) atoms. The summed E-state index contributed by atoms with van der Waals surface area (Å²) in [5.41, 5.74) is 0.0897. The Morgan fingerprint density at radius 2 is 2.12 bits per heavy atom. The largest absolute Gasteiger partial charge is 0.478 e. The van der Waals surface area contributed by atoms with E-state index in [1.165, 1.54) is 12.4 Å². The summed E-state index contributed by atoms with van der Waals surface area (Å²) in [6.45, 7) is 3.52. The minimum Gasteiger partial charge on any atom is -0.478 e. The molecule has 0 spiro atoms. The Balaban J connectivity index is 1.45. The van der Waals surface area contributed by atoms with Crippen LogP contribution in [0.3, 0.4) is 0 Å². The SMILES string of the molecule is CCc1nc(NC2CN(c3ncc(C(=O)O)cn3)C2)c2ccsc2n1. The van der Waals surface area contributed by atoms with Crippen molar-refractivity contribution in [3.63, 3.8) is 0 Å².